The number of ether oxygens (including phenoxy) is 2. The predicted molar refractivity (Wildman–Crippen MR) is 136 cm³/mol. The molecule has 1 aliphatic heterocycles. The van der Waals surface area contributed by atoms with Gasteiger partial charge in [0.1, 0.15) is 0 Å². The molecular weight excluding hydrogens is 488 g/mol. The maximum atomic E-state index is 12.8. The van der Waals surface area contributed by atoms with Gasteiger partial charge in [-0.15, -0.1) is 0 Å². The number of anilines is 1. The summed E-state index contributed by atoms with van der Waals surface area (Å²) >= 11 is 6.05. The van der Waals surface area contributed by atoms with E-state index in [2.05, 4.69) is 4.72 Å². The lowest BCUT2D eigenvalue weighted by molar-refractivity contribution is -0.126. The van der Waals surface area contributed by atoms with Crippen LogP contribution in [0.1, 0.15) is 16.7 Å². The molecule has 0 atom stereocenters. The number of fused-ring (bicyclic) bond motifs is 1. The minimum Gasteiger partial charge on any atom is -0.493 e. The van der Waals surface area contributed by atoms with E-state index < -0.39 is 10.0 Å². The standard InChI is InChI=1S/C26H25ClN2O5S/c1-33-24-15-19-13-14-29(17-20(19)16-25(24)34-2)26(30)12-9-18-7-10-21(11-8-18)35(31,32)28-23-6-4-3-5-22(23)27/h3-12,15-16,28H,13-14,17H2,1-2H3/b12-9+. The summed E-state index contributed by atoms with van der Waals surface area (Å²) in [5.41, 5.74) is 3.18. The van der Waals surface area contributed by atoms with Crippen LogP contribution in [-0.2, 0) is 27.8 Å². The van der Waals surface area contributed by atoms with Gasteiger partial charge in [-0.25, -0.2) is 8.42 Å². The molecule has 0 bridgehead atoms. The van der Waals surface area contributed by atoms with Gasteiger partial charge >= 0.3 is 0 Å². The number of carbonyl (C=O) groups is 1. The Morgan fingerprint density at radius 1 is 1.00 bits per heavy atom. The van der Waals surface area contributed by atoms with Crippen molar-refractivity contribution in [2.75, 3.05) is 25.5 Å². The second-order valence-electron chi connectivity index (χ2n) is 7.97. The number of amides is 1. The number of hydrogen-bond donors (Lipinski definition) is 1. The smallest absolute Gasteiger partial charge is 0.261 e. The van der Waals surface area contributed by atoms with Crippen molar-refractivity contribution in [2.24, 2.45) is 0 Å². The third-order valence-electron chi connectivity index (χ3n) is 5.76. The van der Waals surface area contributed by atoms with Crippen molar-refractivity contribution in [3.63, 3.8) is 0 Å². The van der Waals surface area contributed by atoms with E-state index in [-0.39, 0.29) is 10.8 Å². The van der Waals surface area contributed by atoms with Gasteiger partial charge in [0.05, 0.1) is 29.8 Å². The average molecular weight is 513 g/mol. The summed E-state index contributed by atoms with van der Waals surface area (Å²) in [5.74, 6) is 1.19. The zero-order chi connectivity index (χ0) is 25.0. The molecule has 3 aromatic carbocycles. The van der Waals surface area contributed by atoms with Crippen molar-refractivity contribution < 1.29 is 22.7 Å². The van der Waals surface area contributed by atoms with Gasteiger partial charge in [-0.1, -0.05) is 35.9 Å². The first-order valence-corrected chi connectivity index (χ1v) is 12.7. The van der Waals surface area contributed by atoms with E-state index in [4.69, 9.17) is 21.1 Å². The minimum atomic E-state index is -3.79. The largest absolute Gasteiger partial charge is 0.493 e. The number of methoxy groups -OCH3 is 2. The molecule has 7 nitrogen and oxygen atoms in total. The Labute approximate surface area is 210 Å². The van der Waals surface area contributed by atoms with Gasteiger partial charge in [-0.05, 0) is 65.6 Å². The van der Waals surface area contributed by atoms with E-state index in [9.17, 15) is 13.2 Å². The molecule has 35 heavy (non-hydrogen) atoms. The van der Waals surface area contributed by atoms with Crippen molar-refractivity contribution in [3.05, 3.63) is 88.5 Å². The highest BCUT2D eigenvalue weighted by molar-refractivity contribution is 7.92. The molecule has 182 valence electrons. The van der Waals surface area contributed by atoms with Crippen molar-refractivity contribution in [1.82, 2.24) is 4.90 Å². The first kappa shape index (κ1) is 24.6. The molecule has 4 rings (SSSR count). The maximum Gasteiger partial charge on any atom is 0.261 e. The highest BCUT2D eigenvalue weighted by Crippen LogP contribution is 2.33. The lowest BCUT2D eigenvalue weighted by atomic mass is 9.98. The van der Waals surface area contributed by atoms with Crippen molar-refractivity contribution in [1.29, 1.82) is 0 Å². The van der Waals surface area contributed by atoms with Crippen LogP contribution < -0.4 is 14.2 Å². The van der Waals surface area contributed by atoms with E-state index in [1.54, 1.807) is 61.6 Å². The monoisotopic (exact) mass is 512 g/mol. The van der Waals surface area contributed by atoms with E-state index in [0.717, 1.165) is 17.5 Å². The lowest BCUT2D eigenvalue weighted by Gasteiger charge is -2.28. The SMILES string of the molecule is COc1cc2c(cc1OC)CN(C(=O)/C=C/c1ccc(S(=O)(=O)Nc3ccccc3Cl)cc1)CC2. The average Bonchev–Trinajstić information content (AvgIpc) is 2.87. The van der Waals surface area contributed by atoms with E-state index in [1.807, 2.05) is 12.1 Å². The van der Waals surface area contributed by atoms with Crippen LogP contribution in [-0.4, -0.2) is 40.0 Å². The molecule has 0 radical (unpaired) electrons. The Bertz CT molecular complexity index is 1370. The zero-order valence-corrected chi connectivity index (χ0v) is 20.9. The number of sulfonamides is 1. The summed E-state index contributed by atoms with van der Waals surface area (Å²) in [6.07, 6.45) is 3.89. The molecule has 0 spiro atoms. The van der Waals surface area contributed by atoms with Crippen LogP contribution in [0.3, 0.4) is 0 Å². The van der Waals surface area contributed by atoms with Gasteiger partial charge in [0, 0.05) is 19.2 Å². The number of halogens is 1. The second-order valence-corrected chi connectivity index (χ2v) is 10.1. The molecule has 3 aromatic rings. The fourth-order valence-corrected chi connectivity index (χ4v) is 5.17. The van der Waals surface area contributed by atoms with Crippen LogP contribution in [0.2, 0.25) is 5.02 Å². The molecule has 0 aliphatic carbocycles. The molecule has 1 N–H and O–H groups in total. The number of para-hydroxylation sites is 1. The number of nitrogens with zero attached hydrogens (tertiary/aromatic N) is 1. The Morgan fingerprint density at radius 2 is 1.66 bits per heavy atom. The zero-order valence-electron chi connectivity index (χ0n) is 19.3. The van der Waals surface area contributed by atoms with E-state index in [1.165, 1.54) is 18.2 Å². The summed E-state index contributed by atoms with van der Waals surface area (Å²) < 4.78 is 38.5. The number of rotatable bonds is 7. The summed E-state index contributed by atoms with van der Waals surface area (Å²) in [5, 5.41) is 0.312. The van der Waals surface area contributed by atoms with Gasteiger partial charge in [0.15, 0.2) is 11.5 Å². The first-order valence-electron chi connectivity index (χ1n) is 10.9. The van der Waals surface area contributed by atoms with Crippen LogP contribution in [0.25, 0.3) is 6.08 Å². The van der Waals surface area contributed by atoms with Gasteiger partial charge in [-0.2, -0.15) is 0 Å². The Kier molecular flexibility index (Phi) is 7.33. The summed E-state index contributed by atoms with van der Waals surface area (Å²) in [4.78, 5) is 14.6. The molecule has 0 saturated heterocycles. The van der Waals surface area contributed by atoms with Crippen LogP contribution in [0.4, 0.5) is 5.69 Å². The predicted octanol–water partition coefficient (Wildman–Crippen LogP) is 4.76. The molecule has 1 heterocycles. The fraction of sp³-hybridized carbons (Fsp3) is 0.192. The Hall–Kier alpha value is -3.49. The molecule has 9 heteroatoms. The van der Waals surface area contributed by atoms with Gasteiger partial charge in [0.25, 0.3) is 10.0 Å². The third kappa shape index (κ3) is 5.61. The van der Waals surface area contributed by atoms with E-state index >= 15 is 0 Å². The van der Waals surface area contributed by atoms with Crippen LogP contribution in [0, 0.1) is 0 Å². The Morgan fingerprint density at radius 3 is 2.31 bits per heavy atom. The van der Waals surface area contributed by atoms with Crippen molar-refractivity contribution in [2.45, 2.75) is 17.9 Å². The van der Waals surface area contributed by atoms with Gasteiger partial charge in [0.2, 0.25) is 5.91 Å². The Balaban J connectivity index is 1.42. The number of benzene rings is 3. The topological polar surface area (TPSA) is 84.9 Å². The highest BCUT2D eigenvalue weighted by atomic mass is 35.5. The number of nitrogens with one attached hydrogen (secondary N) is 1. The number of hydrogen-bond acceptors (Lipinski definition) is 5. The maximum absolute atomic E-state index is 12.8. The lowest BCUT2D eigenvalue weighted by Crippen LogP contribution is -2.34. The quantitative estimate of drug-likeness (QED) is 0.461. The van der Waals surface area contributed by atoms with E-state index in [0.29, 0.717) is 40.9 Å². The minimum absolute atomic E-state index is 0.0953. The van der Waals surface area contributed by atoms with Crippen molar-refractivity contribution in [3.8, 4) is 11.5 Å². The summed E-state index contributed by atoms with van der Waals surface area (Å²) in [6, 6.07) is 16.8. The van der Waals surface area contributed by atoms with Gasteiger partial charge in [-0.3, -0.25) is 9.52 Å². The number of carbonyl (C=O) groups excluding carboxylic acids is 1. The summed E-state index contributed by atoms with van der Waals surface area (Å²) in [7, 11) is -0.605. The molecule has 0 aromatic heterocycles. The fourth-order valence-electron chi connectivity index (χ4n) is 3.85. The molecular formula is C26H25ClN2O5S. The molecule has 0 unspecified atom stereocenters. The van der Waals surface area contributed by atoms with Crippen molar-refractivity contribution >= 4 is 39.3 Å². The van der Waals surface area contributed by atoms with Crippen LogP contribution >= 0.6 is 11.6 Å². The second kappa shape index (κ2) is 10.4. The third-order valence-corrected chi connectivity index (χ3v) is 7.47. The molecule has 0 saturated carbocycles. The highest BCUT2D eigenvalue weighted by Gasteiger charge is 2.22. The molecule has 1 amide bonds. The van der Waals surface area contributed by atoms with Crippen LogP contribution in [0.5, 0.6) is 11.5 Å². The van der Waals surface area contributed by atoms with Gasteiger partial charge < -0.3 is 14.4 Å². The molecule has 0 fully saturated rings. The normalized spacial score (nSPS) is 13.4. The van der Waals surface area contributed by atoms with Crippen LogP contribution in [0.15, 0.2) is 71.6 Å². The first-order chi connectivity index (χ1) is 16.8. The summed E-state index contributed by atoms with van der Waals surface area (Å²) in [6.45, 7) is 1.07. The molecule has 1 aliphatic rings.